The lowest BCUT2D eigenvalue weighted by Crippen LogP contribution is -2.54. The molecule has 1 aliphatic heterocycles. The number of amides is 2. The average molecular weight is 280 g/mol. The minimum atomic E-state index is -1.05. The fraction of sp³-hybridized carbons (Fsp3) is 0.733. The molecule has 2 rings (SSSR count). The number of carboxylic acids is 1. The van der Waals surface area contributed by atoms with Gasteiger partial charge in [0, 0.05) is 13.1 Å². The van der Waals surface area contributed by atoms with Crippen LogP contribution < -0.4 is 5.32 Å². The van der Waals surface area contributed by atoms with Gasteiger partial charge in [-0.05, 0) is 51.9 Å². The molecule has 0 radical (unpaired) electrons. The van der Waals surface area contributed by atoms with E-state index in [0.29, 0.717) is 19.5 Å². The molecule has 0 aromatic heterocycles. The number of urea groups is 1. The summed E-state index contributed by atoms with van der Waals surface area (Å²) < 4.78 is 0. The van der Waals surface area contributed by atoms with Crippen molar-refractivity contribution in [1.29, 1.82) is 0 Å². The third-order valence-corrected chi connectivity index (χ3v) is 4.45. The molecule has 2 aliphatic rings. The Labute approximate surface area is 120 Å². The fourth-order valence-corrected chi connectivity index (χ4v) is 3.07. The smallest absolute Gasteiger partial charge is 0.329 e. The highest BCUT2D eigenvalue weighted by Crippen LogP contribution is 2.29. The van der Waals surface area contributed by atoms with Gasteiger partial charge in [0.05, 0.1) is 0 Å². The second-order valence-corrected chi connectivity index (χ2v) is 5.92. The summed E-state index contributed by atoms with van der Waals surface area (Å²) in [5, 5.41) is 12.2. The standard InChI is InChI=1S/C15H24N2O3/c1-15(13(18)19)9-5-11-17(15)14(20)16-10-8-12-6-3-2-4-7-12/h6H,2-5,7-11H2,1H3,(H,16,20)(H,18,19). The Morgan fingerprint density at radius 1 is 1.40 bits per heavy atom. The molecule has 1 fully saturated rings. The molecule has 1 heterocycles. The van der Waals surface area contributed by atoms with Gasteiger partial charge >= 0.3 is 12.0 Å². The largest absolute Gasteiger partial charge is 0.480 e. The van der Waals surface area contributed by atoms with Crippen molar-refractivity contribution in [2.24, 2.45) is 0 Å². The quantitative estimate of drug-likeness (QED) is 0.777. The summed E-state index contributed by atoms with van der Waals surface area (Å²) in [7, 11) is 0. The Morgan fingerprint density at radius 3 is 2.85 bits per heavy atom. The second-order valence-electron chi connectivity index (χ2n) is 5.92. The number of allylic oxidation sites excluding steroid dienone is 1. The monoisotopic (exact) mass is 280 g/mol. The van der Waals surface area contributed by atoms with E-state index in [-0.39, 0.29) is 6.03 Å². The third kappa shape index (κ3) is 3.14. The lowest BCUT2D eigenvalue weighted by Gasteiger charge is -2.31. The maximum absolute atomic E-state index is 12.1. The molecule has 0 bridgehead atoms. The van der Waals surface area contributed by atoms with Crippen LogP contribution in [-0.4, -0.2) is 40.6 Å². The van der Waals surface area contributed by atoms with Crippen LogP contribution in [0.1, 0.15) is 51.9 Å². The first kappa shape index (κ1) is 14.9. The summed E-state index contributed by atoms with van der Waals surface area (Å²) in [6.45, 7) is 2.75. The molecule has 1 saturated heterocycles. The van der Waals surface area contributed by atoms with Crippen LogP contribution in [0.2, 0.25) is 0 Å². The number of carbonyl (C=O) groups is 2. The number of hydrogen-bond donors (Lipinski definition) is 2. The van der Waals surface area contributed by atoms with Crippen molar-refractivity contribution >= 4 is 12.0 Å². The minimum absolute atomic E-state index is 0.246. The van der Waals surface area contributed by atoms with Crippen LogP contribution in [0.4, 0.5) is 4.79 Å². The van der Waals surface area contributed by atoms with E-state index >= 15 is 0 Å². The average Bonchev–Trinajstić information content (AvgIpc) is 2.83. The number of likely N-dealkylation sites (tertiary alicyclic amines) is 1. The van der Waals surface area contributed by atoms with Gasteiger partial charge in [0.2, 0.25) is 0 Å². The predicted octanol–water partition coefficient (Wildman–Crippen LogP) is 2.53. The Bertz CT molecular complexity index is 419. The van der Waals surface area contributed by atoms with Crippen LogP contribution in [0.3, 0.4) is 0 Å². The molecule has 1 unspecified atom stereocenters. The highest BCUT2D eigenvalue weighted by atomic mass is 16.4. The Balaban J connectivity index is 1.82. The van der Waals surface area contributed by atoms with Crippen molar-refractivity contribution < 1.29 is 14.7 Å². The lowest BCUT2D eigenvalue weighted by atomic mass is 9.97. The minimum Gasteiger partial charge on any atom is -0.480 e. The number of hydrogen-bond acceptors (Lipinski definition) is 2. The van der Waals surface area contributed by atoms with Gasteiger partial charge in [0.25, 0.3) is 0 Å². The molecule has 5 heteroatoms. The van der Waals surface area contributed by atoms with Crippen molar-refractivity contribution in [2.45, 2.75) is 57.4 Å². The van der Waals surface area contributed by atoms with E-state index in [1.165, 1.54) is 23.3 Å². The zero-order valence-corrected chi connectivity index (χ0v) is 12.2. The van der Waals surface area contributed by atoms with Crippen LogP contribution in [0.25, 0.3) is 0 Å². The van der Waals surface area contributed by atoms with Gasteiger partial charge in [-0.2, -0.15) is 0 Å². The van der Waals surface area contributed by atoms with Gasteiger partial charge in [-0.3, -0.25) is 0 Å². The Morgan fingerprint density at radius 2 is 2.20 bits per heavy atom. The van der Waals surface area contributed by atoms with Gasteiger partial charge in [0.1, 0.15) is 5.54 Å². The van der Waals surface area contributed by atoms with Crippen molar-refractivity contribution in [1.82, 2.24) is 10.2 Å². The highest BCUT2D eigenvalue weighted by molar-refractivity contribution is 5.86. The summed E-state index contributed by atoms with van der Waals surface area (Å²) in [6.07, 6.45) is 9.21. The van der Waals surface area contributed by atoms with E-state index in [2.05, 4.69) is 11.4 Å². The topological polar surface area (TPSA) is 69.6 Å². The summed E-state index contributed by atoms with van der Waals surface area (Å²) in [6, 6.07) is -0.246. The molecule has 0 saturated carbocycles. The molecule has 0 aromatic rings. The number of nitrogens with zero attached hydrogens (tertiary/aromatic N) is 1. The van der Waals surface area contributed by atoms with E-state index in [0.717, 1.165) is 25.7 Å². The van der Waals surface area contributed by atoms with Crippen LogP contribution >= 0.6 is 0 Å². The van der Waals surface area contributed by atoms with E-state index in [1.54, 1.807) is 6.92 Å². The van der Waals surface area contributed by atoms with Crippen LogP contribution in [-0.2, 0) is 4.79 Å². The first-order chi connectivity index (χ1) is 9.54. The number of nitrogens with one attached hydrogen (secondary N) is 1. The van der Waals surface area contributed by atoms with E-state index in [1.807, 2.05) is 0 Å². The second kappa shape index (κ2) is 6.29. The Hall–Kier alpha value is -1.52. The lowest BCUT2D eigenvalue weighted by molar-refractivity contribution is -0.147. The number of aliphatic carboxylic acids is 1. The number of carboxylic acid groups (broad SMARTS) is 1. The molecule has 20 heavy (non-hydrogen) atoms. The molecule has 2 N–H and O–H groups in total. The van der Waals surface area contributed by atoms with Gasteiger partial charge in [-0.25, -0.2) is 9.59 Å². The predicted molar refractivity (Wildman–Crippen MR) is 76.5 cm³/mol. The first-order valence-electron chi connectivity index (χ1n) is 7.51. The zero-order valence-electron chi connectivity index (χ0n) is 12.2. The van der Waals surface area contributed by atoms with E-state index < -0.39 is 11.5 Å². The van der Waals surface area contributed by atoms with Gasteiger partial charge in [-0.15, -0.1) is 0 Å². The van der Waals surface area contributed by atoms with Crippen molar-refractivity contribution in [3.63, 3.8) is 0 Å². The summed E-state index contributed by atoms with van der Waals surface area (Å²) in [4.78, 5) is 24.9. The summed E-state index contributed by atoms with van der Waals surface area (Å²) in [5.74, 6) is -0.917. The fourth-order valence-electron chi connectivity index (χ4n) is 3.07. The maximum atomic E-state index is 12.1. The maximum Gasteiger partial charge on any atom is 0.329 e. The van der Waals surface area contributed by atoms with Crippen LogP contribution in [0.15, 0.2) is 11.6 Å². The van der Waals surface area contributed by atoms with E-state index in [4.69, 9.17) is 0 Å². The molecule has 2 amide bonds. The molecule has 1 aliphatic carbocycles. The first-order valence-corrected chi connectivity index (χ1v) is 7.51. The normalized spacial score (nSPS) is 26.2. The van der Waals surface area contributed by atoms with Gasteiger partial charge < -0.3 is 15.3 Å². The van der Waals surface area contributed by atoms with E-state index in [9.17, 15) is 14.7 Å². The highest BCUT2D eigenvalue weighted by Gasteiger charge is 2.45. The molecular formula is C15H24N2O3. The molecule has 1 atom stereocenters. The SMILES string of the molecule is CC1(C(=O)O)CCCN1C(=O)NCCC1=CCCCC1. The zero-order chi connectivity index (χ0) is 14.6. The van der Waals surface area contributed by atoms with Crippen LogP contribution in [0, 0.1) is 0 Å². The molecule has 112 valence electrons. The third-order valence-electron chi connectivity index (χ3n) is 4.45. The van der Waals surface area contributed by atoms with Crippen LogP contribution in [0.5, 0.6) is 0 Å². The summed E-state index contributed by atoms with van der Waals surface area (Å²) in [5.41, 5.74) is 0.368. The van der Waals surface area contributed by atoms with Crippen molar-refractivity contribution in [2.75, 3.05) is 13.1 Å². The molecular weight excluding hydrogens is 256 g/mol. The molecule has 0 aromatic carbocycles. The number of rotatable bonds is 4. The van der Waals surface area contributed by atoms with Crippen molar-refractivity contribution in [3.05, 3.63) is 11.6 Å². The summed E-state index contributed by atoms with van der Waals surface area (Å²) >= 11 is 0. The van der Waals surface area contributed by atoms with Gasteiger partial charge in [-0.1, -0.05) is 11.6 Å². The Kier molecular flexibility index (Phi) is 4.68. The van der Waals surface area contributed by atoms with Gasteiger partial charge in [0.15, 0.2) is 0 Å². The molecule has 5 nitrogen and oxygen atoms in total. The van der Waals surface area contributed by atoms with Crippen molar-refractivity contribution in [3.8, 4) is 0 Å². The number of carbonyl (C=O) groups excluding carboxylic acids is 1. The molecule has 0 spiro atoms.